The van der Waals surface area contributed by atoms with Crippen molar-refractivity contribution < 1.29 is 13.7 Å². The molecule has 0 fully saturated rings. The zero-order valence-electron chi connectivity index (χ0n) is 18.0. The van der Waals surface area contributed by atoms with Crippen molar-refractivity contribution >= 4 is 54.7 Å². The highest BCUT2D eigenvalue weighted by Crippen LogP contribution is 2.26. The topological polar surface area (TPSA) is 118 Å². The largest absolute Gasteiger partial charge is 0.448 e. The van der Waals surface area contributed by atoms with Crippen LogP contribution in [0.25, 0.3) is 10.9 Å². The maximum Gasteiger partial charge on any atom is 0.442 e. The molecule has 0 aliphatic heterocycles. The lowest BCUT2D eigenvalue weighted by atomic mass is 10.2. The van der Waals surface area contributed by atoms with Crippen LogP contribution in [0.5, 0.6) is 0 Å². The van der Waals surface area contributed by atoms with Gasteiger partial charge >= 0.3 is 6.09 Å². The molecule has 0 saturated carbocycles. The molecular formula is C22H22N6O3S2. The summed E-state index contributed by atoms with van der Waals surface area (Å²) in [7, 11) is -2.90. The van der Waals surface area contributed by atoms with Gasteiger partial charge in [-0.1, -0.05) is 12.1 Å². The van der Waals surface area contributed by atoms with Crippen LogP contribution in [0.4, 0.5) is 21.4 Å². The van der Waals surface area contributed by atoms with Crippen LogP contribution in [0.2, 0.25) is 0 Å². The van der Waals surface area contributed by atoms with Crippen LogP contribution in [0.15, 0.2) is 69.6 Å². The molecule has 9 nitrogen and oxygen atoms in total. The van der Waals surface area contributed by atoms with E-state index in [0.29, 0.717) is 17.3 Å². The second-order valence-electron chi connectivity index (χ2n) is 7.01. The zero-order valence-corrected chi connectivity index (χ0v) is 19.7. The van der Waals surface area contributed by atoms with E-state index in [0.717, 1.165) is 27.3 Å². The van der Waals surface area contributed by atoms with Gasteiger partial charge < -0.3 is 15.4 Å². The Hall–Kier alpha value is -3.57. The van der Waals surface area contributed by atoms with E-state index >= 15 is 0 Å². The molecular weight excluding hydrogens is 460 g/mol. The molecule has 11 heteroatoms. The number of carbonyl (C=O) groups excluding carboxylic acids is 1. The van der Waals surface area contributed by atoms with Crippen LogP contribution in [0, 0.1) is 0 Å². The average Bonchev–Trinajstić information content (AvgIpc) is 3.31. The molecule has 0 bridgehead atoms. The Bertz CT molecular complexity index is 1400. The molecule has 1 atom stereocenters. The normalized spacial score (nSPS) is 12.7. The summed E-state index contributed by atoms with van der Waals surface area (Å²) in [5.74, 6) is 0.692. The number of hydrogen-bond acceptors (Lipinski definition) is 9. The number of thiazole rings is 1. The summed E-state index contributed by atoms with van der Waals surface area (Å²) >= 11 is 1.50. The minimum absolute atomic E-state index is 0.182. The van der Waals surface area contributed by atoms with Gasteiger partial charge in [-0.05, 0) is 42.8 Å². The molecule has 1 amide bonds. The molecule has 0 radical (unpaired) electrons. The summed E-state index contributed by atoms with van der Waals surface area (Å²) in [6.07, 6.45) is 3.85. The molecule has 0 spiro atoms. The number of nitrogens with zero attached hydrogens (tertiary/aromatic N) is 4. The summed E-state index contributed by atoms with van der Waals surface area (Å²) in [6, 6.07) is 13.0. The van der Waals surface area contributed by atoms with Crippen molar-refractivity contribution in [3.05, 3.63) is 65.9 Å². The van der Waals surface area contributed by atoms with E-state index in [4.69, 9.17) is 4.74 Å². The predicted octanol–water partition coefficient (Wildman–Crippen LogP) is 5.06. The molecule has 4 rings (SSSR count). The first-order chi connectivity index (χ1) is 15.9. The van der Waals surface area contributed by atoms with E-state index in [2.05, 4.69) is 29.9 Å². The number of ether oxygens (including phenoxy) is 1. The van der Waals surface area contributed by atoms with Crippen molar-refractivity contribution in [2.45, 2.75) is 18.4 Å². The Morgan fingerprint density at radius 1 is 1.18 bits per heavy atom. The number of benzene rings is 2. The summed E-state index contributed by atoms with van der Waals surface area (Å²) < 4.78 is 21.4. The van der Waals surface area contributed by atoms with E-state index in [9.17, 15) is 9.00 Å². The van der Waals surface area contributed by atoms with Crippen LogP contribution < -0.4 is 10.6 Å². The Morgan fingerprint density at radius 2 is 2.06 bits per heavy atom. The van der Waals surface area contributed by atoms with Crippen molar-refractivity contribution in [2.75, 3.05) is 23.5 Å². The van der Waals surface area contributed by atoms with Gasteiger partial charge in [0.15, 0.2) is 5.13 Å². The first-order valence-corrected chi connectivity index (χ1v) is 12.9. The lowest BCUT2D eigenvalue weighted by Gasteiger charge is -2.11. The lowest BCUT2D eigenvalue weighted by Crippen LogP contribution is -2.06. The van der Waals surface area contributed by atoms with E-state index in [1.54, 1.807) is 31.3 Å². The smallest absolute Gasteiger partial charge is 0.442 e. The zero-order chi connectivity index (χ0) is 23.3. The van der Waals surface area contributed by atoms with Gasteiger partial charge in [-0.3, -0.25) is 0 Å². The van der Waals surface area contributed by atoms with Gasteiger partial charge in [0, 0.05) is 40.3 Å². The summed E-state index contributed by atoms with van der Waals surface area (Å²) in [5.41, 5.74) is 2.56. The van der Waals surface area contributed by atoms with Crippen molar-refractivity contribution in [1.82, 2.24) is 15.0 Å². The fourth-order valence-electron chi connectivity index (χ4n) is 3.09. The molecule has 2 heterocycles. The molecule has 0 saturated heterocycles. The molecule has 0 aliphatic carbocycles. The Labute approximate surface area is 195 Å². The van der Waals surface area contributed by atoms with Crippen LogP contribution in [0.1, 0.15) is 12.5 Å². The predicted molar refractivity (Wildman–Crippen MR) is 130 cm³/mol. The van der Waals surface area contributed by atoms with Gasteiger partial charge in [0.05, 0.1) is 21.9 Å². The van der Waals surface area contributed by atoms with Crippen molar-refractivity contribution in [3.63, 3.8) is 0 Å². The second-order valence-corrected chi connectivity index (χ2v) is 10.2. The number of amides is 1. The molecule has 1 unspecified atom stereocenters. The lowest BCUT2D eigenvalue weighted by molar-refractivity contribution is 0.164. The maximum absolute atomic E-state index is 12.9. The Kier molecular flexibility index (Phi) is 6.80. The number of nitrogens with one attached hydrogen (secondary N) is 2. The van der Waals surface area contributed by atoms with E-state index < -0.39 is 15.8 Å². The fourth-order valence-corrected chi connectivity index (χ4v) is 4.76. The summed E-state index contributed by atoms with van der Waals surface area (Å²) in [4.78, 5) is 25.0. The van der Waals surface area contributed by atoms with Gasteiger partial charge in [0.2, 0.25) is 0 Å². The molecule has 33 heavy (non-hydrogen) atoms. The Balaban J connectivity index is 1.50. The summed E-state index contributed by atoms with van der Waals surface area (Å²) in [5, 5.41) is 10.1. The highest BCUT2D eigenvalue weighted by Gasteiger charge is 2.11. The molecule has 2 aromatic heterocycles. The number of anilines is 3. The van der Waals surface area contributed by atoms with Crippen LogP contribution in [-0.2, 0) is 21.0 Å². The number of rotatable bonds is 7. The third-order valence-corrected chi connectivity index (χ3v) is 6.96. The van der Waals surface area contributed by atoms with Gasteiger partial charge in [0.1, 0.15) is 12.1 Å². The van der Waals surface area contributed by atoms with Gasteiger partial charge in [-0.15, -0.1) is 15.7 Å². The first kappa shape index (κ1) is 22.6. The number of aromatic nitrogens is 3. The molecule has 0 aliphatic rings. The highest BCUT2D eigenvalue weighted by molar-refractivity contribution is 7.93. The van der Waals surface area contributed by atoms with E-state index in [-0.39, 0.29) is 6.61 Å². The average molecular weight is 483 g/mol. The number of carbonyl (C=O) groups is 1. The minimum Gasteiger partial charge on any atom is -0.448 e. The van der Waals surface area contributed by atoms with Crippen molar-refractivity contribution in [3.8, 4) is 0 Å². The van der Waals surface area contributed by atoms with Crippen molar-refractivity contribution in [2.24, 2.45) is 4.36 Å². The third-order valence-electron chi connectivity index (χ3n) is 4.64. The SMILES string of the molecule is CCOC(=O)N=S(C)(=O)c1cccc(CNc2ccc3c(Nc4nccs4)ncnc3c2)c1. The maximum atomic E-state index is 12.9. The van der Waals surface area contributed by atoms with E-state index in [1.807, 2.05) is 29.6 Å². The summed E-state index contributed by atoms with van der Waals surface area (Å²) in [6.45, 7) is 2.35. The van der Waals surface area contributed by atoms with Gasteiger partial charge in [0.25, 0.3) is 0 Å². The van der Waals surface area contributed by atoms with Gasteiger partial charge in [-0.25, -0.2) is 24.0 Å². The minimum atomic E-state index is -2.90. The van der Waals surface area contributed by atoms with Crippen LogP contribution in [0.3, 0.4) is 0 Å². The van der Waals surface area contributed by atoms with Gasteiger partial charge in [-0.2, -0.15) is 0 Å². The monoisotopic (exact) mass is 482 g/mol. The third kappa shape index (κ3) is 5.62. The van der Waals surface area contributed by atoms with Crippen molar-refractivity contribution in [1.29, 1.82) is 0 Å². The van der Waals surface area contributed by atoms with E-state index in [1.165, 1.54) is 23.9 Å². The second kappa shape index (κ2) is 9.92. The molecule has 2 N–H and O–H groups in total. The standard InChI is InChI=1S/C22H22N6O3S2/c1-3-31-22(29)28-33(2,30)17-6-4-5-15(11-17)13-24-16-7-8-18-19(12-16)25-14-26-20(18)27-21-23-9-10-32-21/h4-12,14,24H,3,13H2,1-2H3,(H,23,25,26,27). The molecule has 4 aromatic rings. The molecule has 2 aromatic carbocycles. The first-order valence-electron chi connectivity index (χ1n) is 10.1. The van der Waals surface area contributed by atoms with Crippen LogP contribution in [-0.4, -0.2) is 38.1 Å². The quantitative estimate of drug-likeness (QED) is 0.375. The fraction of sp³-hybridized carbons (Fsp3) is 0.182. The number of fused-ring (bicyclic) bond motifs is 1. The Morgan fingerprint density at radius 3 is 2.85 bits per heavy atom. The number of hydrogen-bond donors (Lipinski definition) is 2. The molecule has 170 valence electrons. The highest BCUT2D eigenvalue weighted by atomic mass is 32.2. The van der Waals surface area contributed by atoms with Crippen LogP contribution >= 0.6 is 11.3 Å².